The molecule has 0 fully saturated rings. The van der Waals surface area contributed by atoms with Crippen LogP contribution >= 0.6 is 0 Å². The van der Waals surface area contributed by atoms with Crippen molar-refractivity contribution >= 4 is 17.8 Å². The van der Waals surface area contributed by atoms with Crippen molar-refractivity contribution in [3.05, 3.63) is 11.4 Å². The molecule has 0 saturated heterocycles. The van der Waals surface area contributed by atoms with Crippen LogP contribution in [0, 0.1) is 13.8 Å². The zero-order chi connectivity index (χ0) is 16.0. The molecule has 1 rings (SSSR count). The average Bonchev–Trinajstić information content (AvgIpc) is 2.38. The van der Waals surface area contributed by atoms with Crippen LogP contribution in [0.2, 0.25) is 0 Å². The summed E-state index contributed by atoms with van der Waals surface area (Å²) in [6, 6.07) is -0.895. The van der Waals surface area contributed by atoms with Crippen molar-refractivity contribution in [1.82, 2.24) is 15.3 Å². The van der Waals surface area contributed by atoms with Gasteiger partial charge in [-0.25, -0.2) is 14.8 Å². The molecule has 0 radical (unpaired) electrons. The number of aromatic nitrogens is 2. The van der Waals surface area contributed by atoms with Gasteiger partial charge in [-0.2, -0.15) is 0 Å². The molecule has 1 atom stereocenters. The second-order valence-corrected chi connectivity index (χ2v) is 4.73. The Morgan fingerprint density at radius 1 is 1.24 bits per heavy atom. The summed E-state index contributed by atoms with van der Waals surface area (Å²) in [6.45, 7) is 5.09. The van der Waals surface area contributed by atoms with E-state index >= 15 is 0 Å². The van der Waals surface area contributed by atoms with Crippen molar-refractivity contribution in [1.29, 1.82) is 0 Å². The van der Waals surface area contributed by atoms with E-state index in [2.05, 4.69) is 20.6 Å². The molecule has 0 aliphatic carbocycles. The Balaban J connectivity index is 2.46. The number of nitrogens with zero attached hydrogens (tertiary/aromatic N) is 2. The highest BCUT2D eigenvalue weighted by Crippen LogP contribution is 2.18. The van der Waals surface area contributed by atoms with Crippen LogP contribution in [0.3, 0.4) is 0 Å². The molecule has 116 valence electrons. The fourth-order valence-electron chi connectivity index (χ4n) is 1.80. The van der Waals surface area contributed by atoms with Gasteiger partial charge in [-0.15, -0.1) is 0 Å². The van der Waals surface area contributed by atoms with Crippen molar-refractivity contribution in [3.8, 4) is 5.75 Å². The molecule has 21 heavy (non-hydrogen) atoms. The van der Waals surface area contributed by atoms with Crippen LogP contribution in [0.4, 0.5) is 5.95 Å². The average molecular weight is 296 g/mol. The lowest BCUT2D eigenvalue weighted by molar-refractivity contribution is -0.141. The second-order valence-electron chi connectivity index (χ2n) is 4.73. The molecule has 0 spiro atoms. The SMILES string of the molecule is CC(=O)N[C@@H](CCCNc1nc(C)c(O)c(C)n1)C(=O)O. The Labute approximate surface area is 122 Å². The van der Waals surface area contributed by atoms with Crippen molar-refractivity contribution in [3.63, 3.8) is 0 Å². The van der Waals surface area contributed by atoms with Gasteiger partial charge in [-0.1, -0.05) is 0 Å². The summed E-state index contributed by atoms with van der Waals surface area (Å²) in [7, 11) is 0. The predicted molar refractivity (Wildman–Crippen MR) is 76.1 cm³/mol. The summed E-state index contributed by atoms with van der Waals surface area (Å²) in [5.74, 6) is -0.979. The van der Waals surface area contributed by atoms with Gasteiger partial charge in [0.15, 0.2) is 5.75 Å². The molecule has 0 aromatic carbocycles. The maximum absolute atomic E-state index is 10.9. The number of carboxylic acid groups (broad SMARTS) is 1. The number of aromatic hydroxyl groups is 1. The Kier molecular flexibility index (Phi) is 5.89. The Hall–Kier alpha value is -2.38. The zero-order valence-corrected chi connectivity index (χ0v) is 12.3. The molecular formula is C13H20N4O4. The van der Waals surface area contributed by atoms with E-state index < -0.39 is 12.0 Å². The van der Waals surface area contributed by atoms with Crippen LogP contribution in [0.15, 0.2) is 0 Å². The normalized spacial score (nSPS) is 11.8. The molecular weight excluding hydrogens is 276 g/mol. The number of nitrogens with one attached hydrogen (secondary N) is 2. The number of carboxylic acids is 1. The van der Waals surface area contributed by atoms with E-state index in [0.29, 0.717) is 36.7 Å². The second kappa shape index (κ2) is 7.41. The number of hydrogen-bond acceptors (Lipinski definition) is 6. The smallest absolute Gasteiger partial charge is 0.326 e. The zero-order valence-electron chi connectivity index (χ0n) is 12.3. The van der Waals surface area contributed by atoms with Gasteiger partial charge in [0, 0.05) is 13.5 Å². The number of hydrogen-bond donors (Lipinski definition) is 4. The van der Waals surface area contributed by atoms with Gasteiger partial charge in [0.2, 0.25) is 11.9 Å². The number of carbonyl (C=O) groups is 2. The number of carbonyl (C=O) groups excluding carboxylic acids is 1. The van der Waals surface area contributed by atoms with Gasteiger partial charge < -0.3 is 20.8 Å². The Morgan fingerprint density at radius 2 is 1.81 bits per heavy atom. The number of rotatable bonds is 7. The minimum Gasteiger partial charge on any atom is -0.504 e. The number of anilines is 1. The molecule has 1 heterocycles. The lowest BCUT2D eigenvalue weighted by Crippen LogP contribution is -2.39. The van der Waals surface area contributed by atoms with Crippen LogP contribution in [-0.2, 0) is 9.59 Å². The van der Waals surface area contributed by atoms with Crippen LogP contribution in [-0.4, -0.2) is 44.6 Å². The van der Waals surface area contributed by atoms with Gasteiger partial charge in [0.1, 0.15) is 6.04 Å². The molecule has 4 N–H and O–H groups in total. The third-order valence-corrected chi connectivity index (χ3v) is 2.86. The molecule has 0 aliphatic heterocycles. The van der Waals surface area contributed by atoms with Crippen LogP contribution in [0.5, 0.6) is 5.75 Å². The van der Waals surface area contributed by atoms with E-state index in [4.69, 9.17) is 5.11 Å². The van der Waals surface area contributed by atoms with Gasteiger partial charge in [0.05, 0.1) is 11.4 Å². The summed E-state index contributed by atoms with van der Waals surface area (Å²) in [6.07, 6.45) is 0.831. The topological polar surface area (TPSA) is 124 Å². The molecule has 1 aromatic rings. The quantitative estimate of drug-likeness (QED) is 0.542. The van der Waals surface area contributed by atoms with Gasteiger partial charge >= 0.3 is 5.97 Å². The number of aryl methyl sites for hydroxylation is 2. The van der Waals surface area contributed by atoms with Crippen LogP contribution in [0.1, 0.15) is 31.2 Å². The third-order valence-electron chi connectivity index (χ3n) is 2.86. The molecule has 1 amide bonds. The first-order valence-electron chi connectivity index (χ1n) is 6.59. The molecule has 8 nitrogen and oxygen atoms in total. The summed E-state index contributed by atoms with van der Waals surface area (Å²) in [5, 5.41) is 23.9. The molecule has 1 aromatic heterocycles. The van der Waals surface area contributed by atoms with Crippen molar-refractivity contribution < 1.29 is 19.8 Å². The molecule has 0 saturated carbocycles. The van der Waals surface area contributed by atoms with E-state index in [1.807, 2.05) is 0 Å². The van der Waals surface area contributed by atoms with Crippen molar-refractivity contribution in [2.45, 2.75) is 39.7 Å². The lowest BCUT2D eigenvalue weighted by Gasteiger charge is -2.13. The van der Waals surface area contributed by atoms with Crippen LogP contribution < -0.4 is 10.6 Å². The highest BCUT2D eigenvalue weighted by molar-refractivity contribution is 5.81. The van der Waals surface area contributed by atoms with Gasteiger partial charge in [0.25, 0.3) is 0 Å². The van der Waals surface area contributed by atoms with E-state index in [9.17, 15) is 14.7 Å². The largest absolute Gasteiger partial charge is 0.504 e. The van der Waals surface area contributed by atoms with Crippen LogP contribution in [0.25, 0.3) is 0 Å². The first-order valence-corrected chi connectivity index (χ1v) is 6.59. The van der Waals surface area contributed by atoms with Gasteiger partial charge in [-0.3, -0.25) is 4.79 Å². The third kappa shape index (κ3) is 5.25. The summed E-state index contributed by atoms with van der Waals surface area (Å²) >= 11 is 0. The monoisotopic (exact) mass is 296 g/mol. The maximum Gasteiger partial charge on any atom is 0.326 e. The van der Waals surface area contributed by atoms with E-state index in [1.165, 1.54) is 6.92 Å². The Morgan fingerprint density at radius 3 is 2.29 bits per heavy atom. The molecule has 0 aliphatic rings. The first-order chi connectivity index (χ1) is 9.81. The van der Waals surface area contributed by atoms with Gasteiger partial charge in [-0.05, 0) is 26.7 Å². The summed E-state index contributed by atoms with van der Waals surface area (Å²) in [4.78, 5) is 30.0. The summed E-state index contributed by atoms with van der Waals surface area (Å²) < 4.78 is 0. The highest BCUT2D eigenvalue weighted by Gasteiger charge is 2.17. The number of aliphatic carboxylic acids is 1. The molecule has 0 unspecified atom stereocenters. The first kappa shape index (κ1) is 16.7. The lowest BCUT2D eigenvalue weighted by atomic mass is 10.1. The maximum atomic E-state index is 10.9. The fourth-order valence-corrected chi connectivity index (χ4v) is 1.80. The predicted octanol–water partition coefficient (Wildman–Crippen LogP) is 0.580. The minimum absolute atomic E-state index is 0.0668. The Bertz CT molecular complexity index is 510. The molecule has 0 bridgehead atoms. The van der Waals surface area contributed by atoms with Crippen molar-refractivity contribution in [2.24, 2.45) is 0 Å². The fraction of sp³-hybridized carbons (Fsp3) is 0.538. The summed E-state index contributed by atoms with van der Waals surface area (Å²) in [5.41, 5.74) is 0.957. The number of amides is 1. The highest BCUT2D eigenvalue weighted by atomic mass is 16.4. The van der Waals surface area contributed by atoms with Crippen molar-refractivity contribution in [2.75, 3.05) is 11.9 Å². The van der Waals surface area contributed by atoms with E-state index in [-0.39, 0.29) is 11.7 Å². The molecule has 8 heteroatoms. The van der Waals surface area contributed by atoms with E-state index in [1.54, 1.807) is 13.8 Å². The standard InChI is InChI=1S/C13H20N4O4/c1-7-11(19)8(2)16-13(15-7)14-6-4-5-10(12(20)21)17-9(3)18/h10,19H,4-6H2,1-3H3,(H,17,18)(H,20,21)(H,14,15,16)/t10-/m0/s1. The minimum atomic E-state index is -1.06. The van der Waals surface area contributed by atoms with E-state index in [0.717, 1.165) is 0 Å².